The quantitative estimate of drug-likeness (QED) is 0.569. The van der Waals surface area contributed by atoms with Crippen molar-refractivity contribution in [2.24, 2.45) is 11.7 Å². The van der Waals surface area contributed by atoms with Crippen molar-refractivity contribution >= 4 is 18.1 Å². The molecule has 1 aliphatic heterocycles. The van der Waals surface area contributed by atoms with Crippen molar-refractivity contribution in [3.05, 3.63) is 23.3 Å². The Bertz CT molecular complexity index is 406. The number of hydrogen-bond donors (Lipinski definition) is 3. The summed E-state index contributed by atoms with van der Waals surface area (Å²) in [6.07, 6.45) is 1.88. The van der Waals surface area contributed by atoms with Crippen LogP contribution in [0.2, 0.25) is 0 Å². The monoisotopic (exact) mass is 272 g/mol. The van der Waals surface area contributed by atoms with E-state index in [0.717, 1.165) is 37.2 Å². The largest absolute Gasteiger partial charge is 0.505 e. The molecule has 5 N–H and O–H groups in total. The van der Waals surface area contributed by atoms with Crippen molar-refractivity contribution in [1.82, 2.24) is 0 Å². The second kappa shape index (κ2) is 6.27. The first-order chi connectivity index (χ1) is 8.11. The van der Waals surface area contributed by atoms with Gasteiger partial charge in [0.15, 0.2) is 0 Å². The molecule has 5 heteroatoms. The van der Waals surface area contributed by atoms with Crippen LogP contribution in [0.15, 0.2) is 12.1 Å². The average molecular weight is 273 g/mol. The lowest BCUT2D eigenvalue weighted by atomic mass is 9.85. The molecule has 1 heterocycles. The Balaban J connectivity index is 0.00000162. The standard InChI is InChI=1S/C13H20N2O2.ClH/c1-8-2-3-10(14)13(16)11(8)12(15)9-4-6-17-7-5-9;/h2-3,9,12,16H,4-7,14-15H2,1H3;1H/t12-;/m1./s1. The summed E-state index contributed by atoms with van der Waals surface area (Å²) in [4.78, 5) is 0. The van der Waals surface area contributed by atoms with Gasteiger partial charge in [0.1, 0.15) is 5.75 Å². The Morgan fingerprint density at radius 2 is 1.94 bits per heavy atom. The lowest BCUT2D eigenvalue weighted by Gasteiger charge is -2.29. The van der Waals surface area contributed by atoms with E-state index in [1.165, 1.54) is 0 Å². The van der Waals surface area contributed by atoms with E-state index in [2.05, 4.69) is 0 Å². The Kier molecular flexibility index (Phi) is 5.26. The van der Waals surface area contributed by atoms with E-state index in [9.17, 15) is 5.11 Å². The molecule has 1 aromatic carbocycles. The van der Waals surface area contributed by atoms with Crippen molar-refractivity contribution in [2.45, 2.75) is 25.8 Å². The molecule has 0 radical (unpaired) electrons. The van der Waals surface area contributed by atoms with Crippen LogP contribution in [0.1, 0.15) is 30.0 Å². The van der Waals surface area contributed by atoms with Crippen molar-refractivity contribution in [1.29, 1.82) is 0 Å². The van der Waals surface area contributed by atoms with Crippen molar-refractivity contribution in [2.75, 3.05) is 18.9 Å². The molecule has 0 saturated carbocycles. The number of benzene rings is 1. The summed E-state index contributed by atoms with van der Waals surface area (Å²) >= 11 is 0. The van der Waals surface area contributed by atoms with Gasteiger partial charge in [-0.25, -0.2) is 0 Å². The van der Waals surface area contributed by atoms with Crippen molar-refractivity contribution < 1.29 is 9.84 Å². The molecule has 0 aromatic heterocycles. The lowest BCUT2D eigenvalue weighted by molar-refractivity contribution is 0.0580. The van der Waals surface area contributed by atoms with Crippen LogP contribution in [0.25, 0.3) is 0 Å². The summed E-state index contributed by atoms with van der Waals surface area (Å²) in [6.45, 7) is 3.45. The molecule has 102 valence electrons. The second-order valence-electron chi connectivity index (χ2n) is 4.71. The van der Waals surface area contributed by atoms with Gasteiger partial charge in [-0.15, -0.1) is 12.4 Å². The fourth-order valence-electron chi connectivity index (χ4n) is 2.46. The van der Waals surface area contributed by atoms with Gasteiger partial charge in [-0.3, -0.25) is 0 Å². The molecule has 0 aliphatic carbocycles. The number of rotatable bonds is 2. The van der Waals surface area contributed by atoms with Gasteiger partial charge in [0, 0.05) is 24.8 Å². The molecular formula is C13H21ClN2O2. The molecule has 18 heavy (non-hydrogen) atoms. The molecule has 1 fully saturated rings. The van der Waals surface area contributed by atoms with Crippen LogP contribution in [0.4, 0.5) is 5.69 Å². The van der Waals surface area contributed by atoms with E-state index < -0.39 is 0 Å². The van der Waals surface area contributed by atoms with E-state index in [1.807, 2.05) is 13.0 Å². The number of phenolic OH excluding ortho intramolecular Hbond substituents is 1. The summed E-state index contributed by atoms with van der Waals surface area (Å²) in [5, 5.41) is 10.0. The third kappa shape index (κ3) is 2.88. The summed E-state index contributed by atoms with van der Waals surface area (Å²) in [7, 11) is 0. The molecule has 0 spiro atoms. The summed E-state index contributed by atoms with van der Waals surface area (Å²) in [5.74, 6) is 0.499. The highest BCUT2D eigenvalue weighted by atomic mass is 35.5. The minimum Gasteiger partial charge on any atom is -0.505 e. The van der Waals surface area contributed by atoms with E-state index in [0.29, 0.717) is 11.6 Å². The van der Waals surface area contributed by atoms with Crippen LogP contribution in [0.3, 0.4) is 0 Å². The third-order valence-corrected chi connectivity index (χ3v) is 3.57. The number of aryl methyl sites for hydroxylation is 1. The van der Waals surface area contributed by atoms with Crippen molar-refractivity contribution in [3.8, 4) is 5.75 Å². The zero-order valence-electron chi connectivity index (χ0n) is 10.6. The molecular weight excluding hydrogens is 252 g/mol. The number of halogens is 1. The summed E-state index contributed by atoms with van der Waals surface area (Å²) in [6, 6.07) is 3.46. The molecule has 0 unspecified atom stereocenters. The normalized spacial score (nSPS) is 18.1. The van der Waals surface area contributed by atoms with E-state index in [4.69, 9.17) is 16.2 Å². The van der Waals surface area contributed by atoms with Gasteiger partial charge in [-0.05, 0) is 37.3 Å². The molecule has 2 rings (SSSR count). The first kappa shape index (κ1) is 15.1. The number of aromatic hydroxyl groups is 1. The first-order valence-corrected chi connectivity index (χ1v) is 6.02. The number of ether oxygens (including phenoxy) is 1. The van der Waals surface area contributed by atoms with Gasteiger partial charge in [0.25, 0.3) is 0 Å². The van der Waals surface area contributed by atoms with Crippen LogP contribution >= 0.6 is 12.4 Å². The summed E-state index contributed by atoms with van der Waals surface area (Å²) in [5.41, 5.74) is 14.2. The molecule has 4 nitrogen and oxygen atoms in total. The van der Waals surface area contributed by atoms with Gasteiger partial charge in [0.05, 0.1) is 5.69 Å². The fraction of sp³-hybridized carbons (Fsp3) is 0.538. The van der Waals surface area contributed by atoms with Gasteiger partial charge in [0.2, 0.25) is 0 Å². The maximum absolute atomic E-state index is 10.0. The Morgan fingerprint density at radius 3 is 2.56 bits per heavy atom. The van der Waals surface area contributed by atoms with E-state index in [1.54, 1.807) is 6.07 Å². The molecule has 1 atom stereocenters. The van der Waals surface area contributed by atoms with Gasteiger partial charge in [-0.1, -0.05) is 6.07 Å². The first-order valence-electron chi connectivity index (χ1n) is 6.02. The molecule has 1 aromatic rings. The predicted octanol–water partition coefficient (Wildman–Crippen LogP) is 2.13. The average Bonchev–Trinajstić information content (AvgIpc) is 2.35. The van der Waals surface area contributed by atoms with Crippen LogP contribution in [0.5, 0.6) is 5.75 Å². The van der Waals surface area contributed by atoms with Crippen LogP contribution in [0, 0.1) is 12.8 Å². The van der Waals surface area contributed by atoms with Gasteiger partial charge < -0.3 is 21.3 Å². The maximum atomic E-state index is 10.0. The third-order valence-electron chi connectivity index (χ3n) is 3.57. The molecule has 0 bridgehead atoms. The highest BCUT2D eigenvalue weighted by Gasteiger charge is 2.26. The molecule has 1 aliphatic rings. The Morgan fingerprint density at radius 1 is 1.33 bits per heavy atom. The molecule has 0 amide bonds. The van der Waals surface area contributed by atoms with Gasteiger partial charge in [-0.2, -0.15) is 0 Å². The predicted molar refractivity (Wildman–Crippen MR) is 75.0 cm³/mol. The minimum atomic E-state index is -0.164. The van der Waals surface area contributed by atoms with E-state index in [-0.39, 0.29) is 24.2 Å². The van der Waals surface area contributed by atoms with Crippen LogP contribution in [-0.2, 0) is 4.74 Å². The maximum Gasteiger partial charge on any atom is 0.143 e. The topological polar surface area (TPSA) is 81.5 Å². The highest BCUT2D eigenvalue weighted by molar-refractivity contribution is 5.85. The molecule has 1 saturated heterocycles. The number of phenols is 1. The number of hydrogen-bond acceptors (Lipinski definition) is 4. The second-order valence-corrected chi connectivity index (χ2v) is 4.71. The van der Waals surface area contributed by atoms with Crippen LogP contribution < -0.4 is 11.5 Å². The number of nitrogens with two attached hydrogens (primary N) is 2. The summed E-state index contributed by atoms with van der Waals surface area (Å²) < 4.78 is 5.33. The number of nitrogen functional groups attached to an aromatic ring is 1. The smallest absolute Gasteiger partial charge is 0.143 e. The lowest BCUT2D eigenvalue weighted by Crippen LogP contribution is -2.28. The zero-order valence-corrected chi connectivity index (χ0v) is 11.4. The number of anilines is 1. The zero-order chi connectivity index (χ0) is 12.4. The van der Waals surface area contributed by atoms with Crippen LogP contribution in [-0.4, -0.2) is 18.3 Å². The fourth-order valence-corrected chi connectivity index (χ4v) is 2.46. The van der Waals surface area contributed by atoms with E-state index >= 15 is 0 Å². The van der Waals surface area contributed by atoms with Gasteiger partial charge >= 0.3 is 0 Å². The van der Waals surface area contributed by atoms with Crippen molar-refractivity contribution in [3.63, 3.8) is 0 Å². The Labute approximate surface area is 114 Å². The minimum absolute atomic E-state index is 0. The SMILES string of the molecule is Cc1ccc(N)c(O)c1[C@H](N)C1CCOCC1.Cl. The highest BCUT2D eigenvalue weighted by Crippen LogP contribution is 2.37. The Hall–Kier alpha value is -0.970.